The van der Waals surface area contributed by atoms with Gasteiger partial charge < -0.3 is 29.2 Å². The van der Waals surface area contributed by atoms with Gasteiger partial charge in [-0.15, -0.1) is 0 Å². The van der Waals surface area contributed by atoms with Crippen LogP contribution in [0.3, 0.4) is 0 Å². The number of hydrogen-bond donors (Lipinski definition) is 3. The van der Waals surface area contributed by atoms with Crippen molar-refractivity contribution in [2.75, 3.05) is 37.5 Å². The van der Waals surface area contributed by atoms with E-state index in [1.807, 2.05) is 4.90 Å². The van der Waals surface area contributed by atoms with Gasteiger partial charge in [0, 0.05) is 79.7 Å². The van der Waals surface area contributed by atoms with E-state index in [-0.39, 0.29) is 51.3 Å². The van der Waals surface area contributed by atoms with Gasteiger partial charge >= 0.3 is 27.8 Å². The van der Waals surface area contributed by atoms with Gasteiger partial charge in [-0.1, -0.05) is 6.07 Å². The molecule has 2 aliphatic rings. The molecule has 14 nitrogen and oxygen atoms in total. The molecule has 0 bridgehead atoms. The van der Waals surface area contributed by atoms with E-state index >= 15 is 0 Å². The Bertz CT molecular complexity index is 2240. The SMILES string of the molecule is CN(C)c1ccc2c(c1)OC(c1cc3ccc(N(C)CCCC(=O)O)cc3oc1=O)=CC21c2cc(C(=O)O)ccc2C(=O)N1S(N)(=O)=O. The normalized spacial score (nSPS) is 16.7. The number of hydrogen-bond acceptors (Lipinski definition) is 10. The van der Waals surface area contributed by atoms with Crippen LogP contribution in [0.5, 0.6) is 5.75 Å². The van der Waals surface area contributed by atoms with Crippen molar-refractivity contribution in [3.8, 4) is 5.75 Å². The lowest BCUT2D eigenvalue weighted by atomic mass is 9.80. The molecule has 248 valence electrons. The molecule has 1 atom stereocenters. The Morgan fingerprint density at radius 3 is 2.31 bits per heavy atom. The van der Waals surface area contributed by atoms with Crippen molar-refractivity contribution in [1.29, 1.82) is 0 Å². The third-order valence-electron chi connectivity index (χ3n) is 8.43. The Morgan fingerprint density at radius 2 is 1.65 bits per heavy atom. The Balaban J connectivity index is 1.57. The minimum absolute atomic E-state index is 0.00269. The summed E-state index contributed by atoms with van der Waals surface area (Å²) in [4.78, 5) is 53.9. The second kappa shape index (κ2) is 11.5. The summed E-state index contributed by atoms with van der Waals surface area (Å²) in [5.41, 5.74) is -1.55. The number of ether oxygens (including phenoxy) is 1. The molecule has 4 aromatic rings. The minimum Gasteiger partial charge on any atom is -0.481 e. The van der Waals surface area contributed by atoms with Crippen molar-refractivity contribution in [2.24, 2.45) is 5.14 Å². The van der Waals surface area contributed by atoms with Crippen molar-refractivity contribution in [3.05, 3.63) is 105 Å². The zero-order valence-electron chi connectivity index (χ0n) is 26.0. The first kappa shape index (κ1) is 32.3. The number of anilines is 2. The van der Waals surface area contributed by atoms with Crippen LogP contribution < -0.4 is 25.3 Å². The van der Waals surface area contributed by atoms with Crippen LogP contribution in [0.25, 0.3) is 16.7 Å². The van der Waals surface area contributed by atoms with Crippen LogP contribution in [0.1, 0.15) is 50.2 Å². The number of carbonyl (C=O) groups excluding carboxylic acids is 1. The monoisotopic (exact) mass is 674 g/mol. The average Bonchev–Trinajstić information content (AvgIpc) is 3.27. The molecule has 1 amide bonds. The van der Waals surface area contributed by atoms with E-state index < -0.39 is 39.2 Å². The van der Waals surface area contributed by atoms with Crippen molar-refractivity contribution in [3.63, 3.8) is 0 Å². The first-order valence-corrected chi connectivity index (χ1v) is 16.1. The van der Waals surface area contributed by atoms with E-state index in [9.17, 15) is 32.7 Å². The Labute approximate surface area is 274 Å². The molecule has 2 aliphatic heterocycles. The number of nitrogens with two attached hydrogens (primary N) is 1. The van der Waals surface area contributed by atoms with Crippen LogP contribution in [0.15, 0.2) is 76.0 Å². The highest BCUT2D eigenvalue weighted by atomic mass is 32.2. The maximum atomic E-state index is 13.8. The van der Waals surface area contributed by atoms with E-state index in [4.69, 9.17) is 19.4 Å². The van der Waals surface area contributed by atoms with Gasteiger partial charge in [0.25, 0.3) is 5.91 Å². The number of rotatable bonds is 9. The Morgan fingerprint density at radius 1 is 0.917 bits per heavy atom. The summed E-state index contributed by atoms with van der Waals surface area (Å²) in [6, 6.07) is 15.1. The number of carbonyl (C=O) groups is 3. The van der Waals surface area contributed by atoms with Crippen molar-refractivity contribution in [2.45, 2.75) is 18.4 Å². The van der Waals surface area contributed by atoms with Crippen LogP contribution in [0.2, 0.25) is 0 Å². The second-order valence-electron chi connectivity index (χ2n) is 11.7. The molecule has 4 N–H and O–H groups in total. The molecule has 0 radical (unpaired) electrons. The summed E-state index contributed by atoms with van der Waals surface area (Å²) in [5, 5.41) is 24.9. The zero-order chi connectivity index (χ0) is 34.7. The summed E-state index contributed by atoms with van der Waals surface area (Å²) < 4.78 is 38.9. The van der Waals surface area contributed by atoms with Gasteiger partial charge in [0.15, 0.2) is 0 Å². The number of aliphatic carboxylic acids is 1. The van der Waals surface area contributed by atoms with Gasteiger partial charge in [-0.3, -0.25) is 9.59 Å². The number of carboxylic acids is 2. The van der Waals surface area contributed by atoms with Crippen LogP contribution in [-0.4, -0.2) is 68.5 Å². The molecule has 1 unspecified atom stereocenters. The molecule has 3 aromatic carbocycles. The van der Waals surface area contributed by atoms with Crippen LogP contribution in [0, 0.1) is 0 Å². The summed E-state index contributed by atoms with van der Waals surface area (Å²) in [6.45, 7) is 0.446. The predicted octanol–water partition coefficient (Wildman–Crippen LogP) is 3.19. The van der Waals surface area contributed by atoms with E-state index in [2.05, 4.69) is 0 Å². The number of aromatic carboxylic acids is 1. The lowest BCUT2D eigenvalue weighted by Gasteiger charge is -2.39. The summed E-state index contributed by atoms with van der Waals surface area (Å²) in [7, 11) is 0.513. The van der Waals surface area contributed by atoms with E-state index in [0.29, 0.717) is 34.0 Å². The van der Waals surface area contributed by atoms with E-state index in [0.717, 1.165) is 0 Å². The third kappa shape index (κ3) is 5.32. The van der Waals surface area contributed by atoms with Gasteiger partial charge in [0.2, 0.25) is 0 Å². The fourth-order valence-corrected chi connectivity index (χ4v) is 7.09. The smallest absolute Gasteiger partial charge is 0.347 e. The molecular weight excluding hydrogens is 644 g/mol. The fraction of sp³-hybridized carbons (Fsp3) is 0.212. The van der Waals surface area contributed by atoms with Crippen LogP contribution in [0.4, 0.5) is 11.4 Å². The lowest BCUT2D eigenvalue weighted by Crippen LogP contribution is -2.51. The Kier molecular flexibility index (Phi) is 7.76. The molecular formula is C33H30N4O10S. The third-order valence-corrected chi connectivity index (χ3v) is 9.39. The molecule has 0 saturated heterocycles. The molecule has 1 aromatic heterocycles. The highest BCUT2D eigenvalue weighted by Crippen LogP contribution is 2.54. The van der Waals surface area contributed by atoms with Crippen molar-refractivity contribution in [1.82, 2.24) is 4.31 Å². The summed E-state index contributed by atoms with van der Waals surface area (Å²) >= 11 is 0. The topological polar surface area (TPSA) is 201 Å². The fourth-order valence-electron chi connectivity index (χ4n) is 6.11. The first-order valence-electron chi connectivity index (χ1n) is 14.6. The molecule has 0 aliphatic carbocycles. The molecule has 3 heterocycles. The second-order valence-corrected chi connectivity index (χ2v) is 13.1. The van der Waals surface area contributed by atoms with E-state index in [1.54, 1.807) is 62.4 Å². The number of nitrogens with zero attached hydrogens (tertiary/aromatic N) is 3. The van der Waals surface area contributed by atoms with Crippen LogP contribution in [-0.2, 0) is 20.5 Å². The highest BCUT2D eigenvalue weighted by Gasteiger charge is 2.57. The summed E-state index contributed by atoms with van der Waals surface area (Å²) in [5.74, 6) is -3.27. The van der Waals surface area contributed by atoms with Crippen molar-refractivity contribution >= 4 is 56.2 Å². The number of carboxylic acid groups (broad SMARTS) is 2. The van der Waals surface area contributed by atoms with Crippen LogP contribution >= 0.6 is 0 Å². The first-order chi connectivity index (χ1) is 22.6. The molecule has 48 heavy (non-hydrogen) atoms. The maximum absolute atomic E-state index is 13.8. The van der Waals surface area contributed by atoms with Gasteiger partial charge in [-0.2, -0.15) is 8.42 Å². The Hall–Kier alpha value is -5.67. The molecule has 0 saturated carbocycles. The standard InChI is InChI=1S/C33H30N4O10S/c1-35(2)20-9-11-24-27(15-20)46-28(17-33(24)25-14-19(31(41)42)7-10-22(25)30(40)37(33)48(34,44)45)23-13-18-6-8-21(16-26(18)47-32(23)43)36(3)12-4-5-29(38)39/h6-11,13-17H,4-5,12H2,1-3H3,(H,38,39)(H,41,42)(H2,34,44,45). The quantitative estimate of drug-likeness (QED) is 0.219. The highest BCUT2D eigenvalue weighted by molar-refractivity contribution is 7.87. The average molecular weight is 675 g/mol. The number of fused-ring (bicyclic) bond motifs is 5. The van der Waals surface area contributed by atoms with Gasteiger partial charge in [-0.25, -0.2) is 19.0 Å². The molecule has 0 fully saturated rings. The number of amides is 1. The zero-order valence-corrected chi connectivity index (χ0v) is 26.8. The summed E-state index contributed by atoms with van der Waals surface area (Å²) in [6.07, 6.45) is 1.68. The van der Waals surface area contributed by atoms with Gasteiger partial charge in [0.1, 0.15) is 28.2 Å². The minimum atomic E-state index is -4.82. The molecule has 6 rings (SSSR count). The largest absolute Gasteiger partial charge is 0.481 e. The molecule has 15 heteroatoms. The van der Waals surface area contributed by atoms with Gasteiger partial charge in [0.05, 0.1) is 5.56 Å². The molecule has 1 spiro atoms. The lowest BCUT2D eigenvalue weighted by molar-refractivity contribution is -0.137. The van der Waals surface area contributed by atoms with Crippen molar-refractivity contribution < 1.29 is 42.2 Å². The van der Waals surface area contributed by atoms with Gasteiger partial charge in [-0.05, 0) is 55.0 Å². The maximum Gasteiger partial charge on any atom is 0.347 e. The van der Waals surface area contributed by atoms with E-state index in [1.165, 1.54) is 30.3 Å². The predicted molar refractivity (Wildman–Crippen MR) is 175 cm³/mol. The number of benzene rings is 3.